The van der Waals surface area contributed by atoms with Gasteiger partial charge in [0.1, 0.15) is 11.2 Å². The van der Waals surface area contributed by atoms with Crippen LogP contribution in [0, 0.1) is 0 Å². The summed E-state index contributed by atoms with van der Waals surface area (Å²) >= 11 is 0. The quantitative estimate of drug-likeness (QED) is 0.182. The molecule has 0 aliphatic heterocycles. The summed E-state index contributed by atoms with van der Waals surface area (Å²) in [7, 11) is 0. The number of hydrogen-bond acceptors (Lipinski definition) is 2. The fourth-order valence-corrected chi connectivity index (χ4v) is 9.77. The third-order valence-corrected chi connectivity index (χ3v) is 12.1. The maximum absolute atomic E-state index is 6.13. The summed E-state index contributed by atoms with van der Waals surface area (Å²) < 4.78 is 6.13. The molecule has 2 heteroatoms. The summed E-state index contributed by atoms with van der Waals surface area (Å²) in [6, 6.07) is 73.3. The highest BCUT2D eigenvalue weighted by Gasteiger charge is 2.52. The normalized spacial score (nSPS) is 13.2. The first-order valence-corrected chi connectivity index (χ1v) is 19.0. The maximum atomic E-state index is 6.13. The van der Waals surface area contributed by atoms with Crippen LogP contribution >= 0.6 is 0 Å². The maximum Gasteiger partial charge on any atom is 0.135 e. The van der Waals surface area contributed by atoms with Gasteiger partial charge in [-0.1, -0.05) is 146 Å². The molecule has 55 heavy (non-hydrogen) atoms. The van der Waals surface area contributed by atoms with Gasteiger partial charge in [-0.15, -0.1) is 0 Å². The number of furan rings is 1. The Balaban J connectivity index is 1.06. The standard InChI is InChI=1S/C53H33NO/c1-2-13-37(14-3-1)54(38-26-22-34(23-27-38)36-25-31-51-45(32-36)43-18-8-11-21-50(43)55-51)39-28-29-44-49(33-39)53(48-30-24-35-12-4-5-15-40(35)52(44)48)46-19-9-6-16-41(46)42-17-7-10-20-47(42)53/h1-33H. The summed E-state index contributed by atoms with van der Waals surface area (Å²) in [5.74, 6) is 0. The first-order chi connectivity index (χ1) is 27.3. The highest BCUT2D eigenvalue weighted by molar-refractivity contribution is 6.08. The van der Waals surface area contributed by atoms with Gasteiger partial charge >= 0.3 is 0 Å². The molecule has 0 fully saturated rings. The zero-order valence-corrected chi connectivity index (χ0v) is 29.9. The van der Waals surface area contributed by atoms with Crippen LogP contribution in [0.25, 0.3) is 66.1 Å². The van der Waals surface area contributed by atoms with E-state index in [0.29, 0.717) is 0 Å². The summed E-state index contributed by atoms with van der Waals surface area (Å²) in [6.45, 7) is 0. The van der Waals surface area contributed by atoms with Crippen LogP contribution in [0.3, 0.4) is 0 Å². The predicted molar refractivity (Wildman–Crippen MR) is 228 cm³/mol. The zero-order chi connectivity index (χ0) is 36.1. The van der Waals surface area contributed by atoms with Gasteiger partial charge in [0, 0.05) is 27.8 Å². The smallest absolute Gasteiger partial charge is 0.135 e. The van der Waals surface area contributed by atoms with Gasteiger partial charge in [0.05, 0.1) is 5.41 Å². The van der Waals surface area contributed by atoms with E-state index in [0.717, 1.165) is 39.0 Å². The van der Waals surface area contributed by atoms with E-state index in [-0.39, 0.29) is 0 Å². The van der Waals surface area contributed by atoms with Gasteiger partial charge in [-0.25, -0.2) is 0 Å². The fourth-order valence-electron chi connectivity index (χ4n) is 9.77. The van der Waals surface area contributed by atoms with Crippen LogP contribution in [-0.4, -0.2) is 0 Å². The van der Waals surface area contributed by atoms with Crippen molar-refractivity contribution in [3.05, 3.63) is 222 Å². The molecule has 0 saturated heterocycles. The van der Waals surface area contributed by atoms with Crippen LogP contribution in [0.2, 0.25) is 0 Å². The Morgan fingerprint density at radius 1 is 0.345 bits per heavy atom. The molecule has 9 aromatic carbocycles. The summed E-state index contributed by atoms with van der Waals surface area (Å²) in [6.07, 6.45) is 0. The number of anilines is 3. The molecule has 0 amide bonds. The number of fused-ring (bicyclic) bond motifs is 15. The molecule has 0 saturated carbocycles. The molecule has 0 radical (unpaired) electrons. The molecular weight excluding hydrogens is 667 g/mol. The second-order valence-corrected chi connectivity index (χ2v) is 14.8. The van der Waals surface area contributed by atoms with E-state index in [4.69, 9.17) is 4.42 Å². The monoisotopic (exact) mass is 699 g/mol. The highest BCUT2D eigenvalue weighted by atomic mass is 16.3. The van der Waals surface area contributed by atoms with Gasteiger partial charge < -0.3 is 9.32 Å². The molecule has 0 bridgehead atoms. The van der Waals surface area contributed by atoms with Crippen LogP contribution < -0.4 is 4.90 Å². The second kappa shape index (κ2) is 11.4. The number of rotatable bonds is 4. The van der Waals surface area contributed by atoms with Crippen LogP contribution in [0.15, 0.2) is 205 Å². The van der Waals surface area contributed by atoms with Crippen molar-refractivity contribution in [2.45, 2.75) is 5.41 Å². The lowest BCUT2D eigenvalue weighted by Crippen LogP contribution is -2.26. The summed E-state index contributed by atoms with van der Waals surface area (Å²) in [4.78, 5) is 2.40. The predicted octanol–water partition coefficient (Wildman–Crippen LogP) is 14.2. The van der Waals surface area contributed by atoms with Crippen LogP contribution in [0.5, 0.6) is 0 Å². The number of benzene rings is 9. The minimum atomic E-state index is -0.444. The number of para-hydroxylation sites is 2. The molecule has 2 aliphatic carbocycles. The third-order valence-electron chi connectivity index (χ3n) is 12.1. The first kappa shape index (κ1) is 30.3. The van der Waals surface area contributed by atoms with Crippen molar-refractivity contribution in [1.29, 1.82) is 0 Å². The summed E-state index contributed by atoms with van der Waals surface area (Å²) in [5.41, 5.74) is 17.7. The van der Waals surface area contributed by atoms with Gasteiger partial charge in [-0.2, -0.15) is 0 Å². The van der Waals surface area contributed by atoms with E-state index in [9.17, 15) is 0 Å². The largest absolute Gasteiger partial charge is 0.456 e. The molecule has 256 valence electrons. The lowest BCUT2D eigenvalue weighted by Gasteiger charge is -2.32. The molecule has 1 aromatic heterocycles. The van der Waals surface area contributed by atoms with E-state index in [1.807, 2.05) is 12.1 Å². The topological polar surface area (TPSA) is 16.4 Å². The third kappa shape index (κ3) is 4.19. The SMILES string of the molecule is c1ccc(N(c2ccc(-c3ccc4oc5ccccc5c4c3)cc2)c2ccc3c(c2)C2(c4ccccc4-c4ccccc42)c2ccc4ccccc4c2-3)cc1. The second-order valence-electron chi connectivity index (χ2n) is 14.8. The molecule has 12 rings (SSSR count). The van der Waals surface area contributed by atoms with Crippen LogP contribution in [0.4, 0.5) is 17.1 Å². The van der Waals surface area contributed by atoms with E-state index >= 15 is 0 Å². The molecule has 1 spiro atoms. The highest BCUT2D eigenvalue weighted by Crippen LogP contribution is 2.64. The Kier molecular flexibility index (Phi) is 6.29. The van der Waals surface area contributed by atoms with Gasteiger partial charge in [0.15, 0.2) is 0 Å². The fraction of sp³-hybridized carbons (Fsp3) is 0.0189. The molecule has 2 aliphatic rings. The van der Waals surface area contributed by atoms with Crippen molar-refractivity contribution < 1.29 is 4.42 Å². The minimum Gasteiger partial charge on any atom is -0.456 e. The number of nitrogens with zero attached hydrogens (tertiary/aromatic N) is 1. The van der Waals surface area contributed by atoms with Gasteiger partial charge in [0.2, 0.25) is 0 Å². The minimum absolute atomic E-state index is 0.444. The van der Waals surface area contributed by atoms with Crippen LogP contribution in [0.1, 0.15) is 22.3 Å². The Morgan fingerprint density at radius 3 is 1.76 bits per heavy atom. The van der Waals surface area contributed by atoms with E-state index in [1.54, 1.807) is 0 Å². The van der Waals surface area contributed by atoms with Gasteiger partial charge in [-0.3, -0.25) is 0 Å². The lowest BCUT2D eigenvalue weighted by atomic mass is 9.70. The molecule has 0 atom stereocenters. The molecule has 0 N–H and O–H groups in total. The number of hydrogen-bond donors (Lipinski definition) is 0. The molecule has 0 unspecified atom stereocenters. The van der Waals surface area contributed by atoms with E-state index in [1.165, 1.54) is 66.4 Å². The Morgan fingerprint density at radius 2 is 0.964 bits per heavy atom. The molecular formula is C53H33NO. The Bertz CT molecular complexity index is 3110. The van der Waals surface area contributed by atoms with E-state index < -0.39 is 5.41 Å². The van der Waals surface area contributed by atoms with Crippen molar-refractivity contribution in [3.8, 4) is 33.4 Å². The van der Waals surface area contributed by atoms with Crippen molar-refractivity contribution >= 4 is 49.8 Å². The molecule has 10 aromatic rings. The first-order valence-electron chi connectivity index (χ1n) is 19.0. The van der Waals surface area contributed by atoms with Crippen LogP contribution in [-0.2, 0) is 5.41 Å². The Labute approximate surface area is 319 Å². The lowest BCUT2D eigenvalue weighted by molar-refractivity contribution is 0.669. The van der Waals surface area contributed by atoms with Gasteiger partial charge in [0.25, 0.3) is 0 Å². The van der Waals surface area contributed by atoms with Crippen molar-refractivity contribution in [1.82, 2.24) is 0 Å². The summed E-state index contributed by atoms with van der Waals surface area (Å²) in [5, 5.41) is 4.84. The Hall–Kier alpha value is -7.16. The average Bonchev–Trinajstić information content (AvgIpc) is 3.88. The molecule has 2 nitrogen and oxygen atoms in total. The van der Waals surface area contributed by atoms with Crippen molar-refractivity contribution in [2.24, 2.45) is 0 Å². The van der Waals surface area contributed by atoms with Crippen molar-refractivity contribution in [3.63, 3.8) is 0 Å². The van der Waals surface area contributed by atoms with Gasteiger partial charge in [-0.05, 0) is 121 Å². The zero-order valence-electron chi connectivity index (χ0n) is 29.9. The average molecular weight is 700 g/mol. The van der Waals surface area contributed by atoms with Crippen molar-refractivity contribution in [2.75, 3.05) is 4.90 Å². The van der Waals surface area contributed by atoms with E-state index in [2.05, 4.69) is 193 Å². The molecule has 1 heterocycles.